The third-order valence-corrected chi connectivity index (χ3v) is 3.56. The van der Waals surface area contributed by atoms with E-state index < -0.39 is 5.82 Å². The summed E-state index contributed by atoms with van der Waals surface area (Å²) < 4.78 is 26.6. The lowest BCUT2D eigenvalue weighted by molar-refractivity contribution is 0.527. The maximum absolute atomic E-state index is 13.4. The molecule has 2 aromatic rings. The smallest absolute Gasteiger partial charge is 0.142 e. The molecule has 20 heavy (non-hydrogen) atoms. The van der Waals surface area contributed by atoms with Crippen molar-refractivity contribution < 1.29 is 8.78 Å². The zero-order chi connectivity index (χ0) is 14.5. The summed E-state index contributed by atoms with van der Waals surface area (Å²) >= 11 is 5.66. The highest BCUT2D eigenvalue weighted by Gasteiger charge is 2.11. The predicted octanol–water partition coefficient (Wildman–Crippen LogP) is 3.98. The molecule has 0 saturated carbocycles. The van der Waals surface area contributed by atoms with E-state index in [1.807, 2.05) is 6.07 Å². The normalized spacial score (nSPS) is 12.4. The van der Waals surface area contributed by atoms with Crippen molar-refractivity contribution in [1.82, 2.24) is 0 Å². The fraction of sp³-hybridized carbons (Fsp3) is 0.250. The number of halogens is 3. The third-order valence-electron chi connectivity index (χ3n) is 3.26. The van der Waals surface area contributed by atoms with Crippen LogP contribution in [0.5, 0.6) is 0 Å². The molecule has 2 N–H and O–H groups in total. The summed E-state index contributed by atoms with van der Waals surface area (Å²) in [5.74, 6) is -0.543. The topological polar surface area (TPSA) is 26.0 Å². The van der Waals surface area contributed by atoms with Gasteiger partial charge in [0.25, 0.3) is 0 Å². The van der Waals surface area contributed by atoms with E-state index in [4.69, 9.17) is 17.3 Å². The fourth-order valence-electron chi connectivity index (χ4n) is 2.24. The Morgan fingerprint density at radius 1 is 1.00 bits per heavy atom. The van der Waals surface area contributed by atoms with Crippen molar-refractivity contribution >= 4 is 11.6 Å². The largest absolute Gasteiger partial charge is 0.330 e. The van der Waals surface area contributed by atoms with Gasteiger partial charge in [-0.25, -0.2) is 8.78 Å². The van der Waals surface area contributed by atoms with Gasteiger partial charge in [-0.05, 0) is 60.7 Å². The van der Waals surface area contributed by atoms with Crippen molar-refractivity contribution in [1.29, 1.82) is 0 Å². The van der Waals surface area contributed by atoms with Crippen LogP contribution in [-0.4, -0.2) is 6.54 Å². The number of nitrogens with two attached hydrogens (primary N) is 1. The van der Waals surface area contributed by atoms with Crippen LogP contribution in [0.1, 0.15) is 11.1 Å². The molecule has 0 bridgehead atoms. The van der Waals surface area contributed by atoms with E-state index in [0.29, 0.717) is 19.4 Å². The van der Waals surface area contributed by atoms with Crippen LogP contribution in [0.4, 0.5) is 8.78 Å². The second-order valence-electron chi connectivity index (χ2n) is 4.89. The second kappa shape index (κ2) is 6.82. The summed E-state index contributed by atoms with van der Waals surface area (Å²) in [6, 6.07) is 11.2. The van der Waals surface area contributed by atoms with E-state index in [1.54, 1.807) is 18.2 Å². The molecule has 4 heteroatoms. The average molecular weight is 296 g/mol. The molecule has 0 aromatic heterocycles. The summed E-state index contributed by atoms with van der Waals surface area (Å²) in [5, 5.41) is 0.114. The first-order valence-electron chi connectivity index (χ1n) is 6.47. The minimum Gasteiger partial charge on any atom is -0.330 e. The number of hydrogen-bond acceptors (Lipinski definition) is 1. The van der Waals surface area contributed by atoms with E-state index in [1.165, 1.54) is 18.2 Å². The van der Waals surface area contributed by atoms with Crippen molar-refractivity contribution in [3.05, 3.63) is 70.2 Å². The van der Waals surface area contributed by atoms with Crippen molar-refractivity contribution in [2.75, 3.05) is 6.54 Å². The molecule has 2 aromatic carbocycles. The zero-order valence-corrected chi connectivity index (χ0v) is 11.7. The average Bonchev–Trinajstić information content (AvgIpc) is 2.42. The summed E-state index contributed by atoms with van der Waals surface area (Å²) in [6.07, 6.45) is 1.31. The first kappa shape index (κ1) is 14.9. The van der Waals surface area contributed by atoms with Crippen molar-refractivity contribution in [2.24, 2.45) is 11.7 Å². The number of benzene rings is 2. The summed E-state index contributed by atoms with van der Waals surface area (Å²) in [5.41, 5.74) is 7.51. The molecule has 106 valence electrons. The van der Waals surface area contributed by atoms with Gasteiger partial charge in [-0.1, -0.05) is 29.8 Å². The molecule has 0 heterocycles. The van der Waals surface area contributed by atoms with Crippen LogP contribution in [0.25, 0.3) is 0 Å². The molecule has 0 spiro atoms. The Hall–Kier alpha value is -1.45. The zero-order valence-electron chi connectivity index (χ0n) is 11.0. The molecule has 0 aliphatic rings. The standard InChI is InChI=1S/C16H16ClF2N/c17-15-5-4-12(9-16(15)19)7-13(10-20)6-11-2-1-3-14(18)8-11/h1-5,8-9,13H,6-7,10,20H2. The molecule has 0 amide bonds. The van der Waals surface area contributed by atoms with Crippen LogP contribution in [-0.2, 0) is 12.8 Å². The highest BCUT2D eigenvalue weighted by molar-refractivity contribution is 6.30. The summed E-state index contributed by atoms with van der Waals surface area (Å²) in [6.45, 7) is 0.459. The molecular formula is C16H16ClF2N. The monoisotopic (exact) mass is 295 g/mol. The van der Waals surface area contributed by atoms with E-state index in [0.717, 1.165) is 11.1 Å². The highest BCUT2D eigenvalue weighted by Crippen LogP contribution is 2.19. The van der Waals surface area contributed by atoms with E-state index >= 15 is 0 Å². The van der Waals surface area contributed by atoms with Gasteiger partial charge in [0.15, 0.2) is 0 Å². The van der Waals surface area contributed by atoms with Crippen LogP contribution >= 0.6 is 11.6 Å². The SMILES string of the molecule is NCC(Cc1cccc(F)c1)Cc1ccc(Cl)c(F)c1. The van der Waals surface area contributed by atoms with Gasteiger partial charge in [0, 0.05) is 0 Å². The van der Waals surface area contributed by atoms with Crippen LogP contribution < -0.4 is 5.73 Å². The predicted molar refractivity (Wildman–Crippen MR) is 77.8 cm³/mol. The Bertz CT molecular complexity index is 586. The van der Waals surface area contributed by atoms with Gasteiger partial charge >= 0.3 is 0 Å². The Morgan fingerprint density at radius 3 is 2.30 bits per heavy atom. The molecule has 1 unspecified atom stereocenters. The Balaban J connectivity index is 2.07. The Morgan fingerprint density at radius 2 is 1.70 bits per heavy atom. The van der Waals surface area contributed by atoms with Crippen molar-refractivity contribution in [3.8, 4) is 0 Å². The molecule has 1 atom stereocenters. The number of hydrogen-bond donors (Lipinski definition) is 1. The summed E-state index contributed by atoms with van der Waals surface area (Å²) in [7, 11) is 0. The lowest BCUT2D eigenvalue weighted by atomic mass is 9.92. The van der Waals surface area contributed by atoms with Crippen molar-refractivity contribution in [2.45, 2.75) is 12.8 Å². The molecule has 0 fully saturated rings. The molecule has 0 aliphatic heterocycles. The van der Waals surface area contributed by atoms with Gasteiger partial charge in [0.2, 0.25) is 0 Å². The lowest BCUT2D eigenvalue weighted by Gasteiger charge is -2.15. The summed E-state index contributed by atoms with van der Waals surface area (Å²) in [4.78, 5) is 0. The van der Waals surface area contributed by atoms with Gasteiger partial charge in [-0.15, -0.1) is 0 Å². The van der Waals surface area contributed by atoms with Gasteiger partial charge in [-0.3, -0.25) is 0 Å². The van der Waals surface area contributed by atoms with Gasteiger partial charge in [0.05, 0.1) is 5.02 Å². The van der Waals surface area contributed by atoms with E-state index in [2.05, 4.69) is 0 Å². The van der Waals surface area contributed by atoms with Crippen LogP contribution in [0.3, 0.4) is 0 Å². The molecule has 0 saturated heterocycles. The minimum absolute atomic E-state index is 0.114. The molecule has 2 rings (SSSR count). The number of rotatable bonds is 5. The van der Waals surface area contributed by atoms with Gasteiger partial charge < -0.3 is 5.73 Å². The second-order valence-corrected chi connectivity index (χ2v) is 5.30. The first-order chi connectivity index (χ1) is 9.58. The highest BCUT2D eigenvalue weighted by atomic mass is 35.5. The quantitative estimate of drug-likeness (QED) is 0.887. The van der Waals surface area contributed by atoms with Crippen LogP contribution in [0.2, 0.25) is 5.02 Å². The van der Waals surface area contributed by atoms with Gasteiger partial charge in [0.1, 0.15) is 11.6 Å². The maximum atomic E-state index is 13.4. The molecular weight excluding hydrogens is 280 g/mol. The van der Waals surface area contributed by atoms with Crippen LogP contribution in [0, 0.1) is 17.6 Å². The van der Waals surface area contributed by atoms with E-state index in [9.17, 15) is 8.78 Å². The molecule has 1 nitrogen and oxygen atoms in total. The minimum atomic E-state index is -0.425. The maximum Gasteiger partial charge on any atom is 0.142 e. The molecule has 0 radical (unpaired) electrons. The Labute approximate surface area is 122 Å². The lowest BCUT2D eigenvalue weighted by Crippen LogP contribution is -2.19. The van der Waals surface area contributed by atoms with Crippen LogP contribution in [0.15, 0.2) is 42.5 Å². The van der Waals surface area contributed by atoms with E-state index in [-0.39, 0.29) is 16.8 Å². The molecule has 0 aliphatic carbocycles. The first-order valence-corrected chi connectivity index (χ1v) is 6.84. The fourth-order valence-corrected chi connectivity index (χ4v) is 2.35. The third kappa shape index (κ3) is 4.02. The van der Waals surface area contributed by atoms with Crippen molar-refractivity contribution in [3.63, 3.8) is 0 Å². The van der Waals surface area contributed by atoms with Gasteiger partial charge in [-0.2, -0.15) is 0 Å². The Kier molecular flexibility index (Phi) is 5.10.